The summed E-state index contributed by atoms with van der Waals surface area (Å²) in [5, 5.41) is 18.9. The summed E-state index contributed by atoms with van der Waals surface area (Å²) in [6.07, 6.45) is 2.54. The molecule has 2 aromatic carbocycles. The Morgan fingerprint density at radius 1 is 1.21 bits per heavy atom. The van der Waals surface area contributed by atoms with Gasteiger partial charge in [0.15, 0.2) is 0 Å². The molecule has 0 spiro atoms. The van der Waals surface area contributed by atoms with Crippen LogP contribution in [0.4, 0.5) is 10.5 Å². The van der Waals surface area contributed by atoms with Crippen molar-refractivity contribution in [3.05, 3.63) is 87.3 Å². The number of rotatable bonds is 10. The van der Waals surface area contributed by atoms with Crippen molar-refractivity contribution in [3.63, 3.8) is 0 Å². The number of halogens is 1. The first-order chi connectivity index (χ1) is 18.7. The van der Waals surface area contributed by atoms with Gasteiger partial charge in [0.05, 0.1) is 22.8 Å². The summed E-state index contributed by atoms with van der Waals surface area (Å²) in [6.45, 7) is 4.02. The van der Waals surface area contributed by atoms with E-state index in [9.17, 15) is 19.7 Å². The monoisotopic (exact) mass is 551 g/mol. The molecule has 2 amide bonds. The van der Waals surface area contributed by atoms with E-state index in [1.807, 2.05) is 38.1 Å². The van der Waals surface area contributed by atoms with Crippen LogP contribution < -0.4 is 10.7 Å². The Kier molecular flexibility index (Phi) is 8.62. The third-order valence-corrected chi connectivity index (χ3v) is 6.00. The number of hydrazone groups is 1. The van der Waals surface area contributed by atoms with Gasteiger partial charge in [-0.25, -0.2) is 10.2 Å². The van der Waals surface area contributed by atoms with Crippen LogP contribution in [0.15, 0.2) is 70.3 Å². The van der Waals surface area contributed by atoms with E-state index < -0.39 is 23.0 Å². The van der Waals surface area contributed by atoms with Gasteiger partial charge in [-0.15, -0.1) is 0 Å². The van der Waals surface area contributed by atoms with E-state index in [1.54, 1.807) is 18.3 Å². The molecule has 1 atom stereocenters. The predicted octanol–water partition coefficient (Wildman–Crippen LogP) is 5.43. The number of para-hydroxylation sites is 1. The Balaban J connectivity index is 1.46. The molecule has 0 radical (unpaired) electrons. The van der Waals surface area contributed by atoms with Gasteiger partial charge in [-0.3, -0.25) is 14.9 Å². The molecule has 0 fully saturated rings. The van der Waals surface area contributed by atoms with Crippen LogP contribution in [-0.4, -0.2) is 40.8 Å². The van der Waals surface area contributed by atoms with E-state index in [4.69, 9.17) is 20.8 Å². The van der Waals surface area contributed by atoms with Crippen LogP contribution >= 0.6 is 11.6 Å². The zero-order valence-corrected chi connectivity index (χ0v) is 21.9. The number of nitro groups is 1. The summed E-state index contributed by atoms with van der Waals surface area (Å²) in [6, 6.07) is 13.8. The maximum atomic E-state index is 13.0. The van der Waals surface area contributed by atoms with E-state index in [-0.39, 0.29) is 35.4 Å². The number of furan rings is 1. The Bertz CT molecular complexity index is 1530. The number of nitrogens with one attached hydrogen (secondary N) is 3. The molecule has 2 heterocycles. The molecule has 0 aliphatic rings. The number of fused-ring (bicyclic) bond motifs is 1. The van der Waals surface area contributed by atoms with Gasteiger partial charge in [-0.05, 0) is 35.7 Å². The fraction of sp³-hybridized carbons (Fsp3) is 0.222. The summed E-state index contributed by atoms with van der Waals surface area (Å²) < 4.78 is 10.9. The molecule has 11 nitrogen and oxygen atoms in total. The smallest absolute Gasteiger partial charge is 0.407 e. The third-order valence-electron chi connectivity index (χ3n) is 5.67. The SMILES string of the molecule is CC(C)COC(=O)N[C@@H](Cc1c[nH]c2ccccc12)C(=O)N/N=C\c1ccc(-c2cc([N+](=O)[O-])ccc2Cl)o1. The minimum Gasteiger partial charge on any atom is -0.455 e. The molecule has 0 bridgehead atoms. The van der Waals surface area contributed by atoms with Gasteiger partial charge in [0.25, 0.3) is 11.6 Å². The highest BCUT2D eigenvalue weighted by Crippen LogP contribution is 2.32. The predicted molar refractivity (Wildman–Crippen MR) is 147 cm³/mol. The number of aromatic amines is 1. The molecule has 0 saturated heterocycles. The van der Waals surface area contributed by atoms with Crippen LogP contribution in [0.3, 0.4) is 0 Å². The number of nitro benzene ring substituents is 1. The lowest BCUT2D eigenvalue weighted by Gasteiger charge is -2.17. The number of nitrogens with zero attached hydrogens (tertiary/aromatic N) is 2. The topological polar surface area (TPSA) is 152 Å². The van der Waals surface area contributed by atoms with Crippen molar-refractivity contribution in [2.45, 2.75) is 26.3 Å². The quantitative estimate of drug-likeness (QED) is 0.136. The molecule has 0 saturated carbocycles. The van der Waals surface area contributed by atoms with Crippen molar-refractivity contribution in [1.82, 2.24) is 15.7 Å². The van der Waals surface area contributed by atoms with E-state index in [1.165, 1.54) is 24.4 Å². The second kappa shape index (κ2) is 12.3. The summed E-state index contributed by atoms with van der Waals surface area (Å²) in [7, 11) is 0. The minimum atomic E-state index is -0.975. The number of amides is 2. The number of carbonyl (C=O) groups is 2. The van der Waals surface area contributed by atoms with Crippen molar-refractivity contribution < 1.29 is 23.7 Å². The zero-order valence-electron chi connectivity index (χ0n) is 21.1. The largest absolute Gasteiger partial charge is 0.455 e. The number of carbonyl (C=O) groups excluding carboxylic acids is 2. The molecule has 12 heteroatoms. The minimum absolute atomic E-state index is 0.131. The number of benzene rings is 2. The fourth-order valence-electron chi connectivity index (χ4n) is 3.78. The Hall–Kier alpha value is -4.64. The van der Waals surface area contributed by atoms with Crippen LogP contribution in [0.25, 0.3) is 22.2 Å². The molecule has 2 aromatic heterocycles. The number of ether oxygens (including phenoxy) is 1. The normalized spacial score (nSPS) is 12.1. The van der Waals surface area contributed by atoms with Gasteiger partial charge in [0.1, 0.15) is 17.6 Å². The Morgan fingerprint density at radius 2 is 2.00 bits per heavy atom. The molecule has 4 aromatic rings. The molecule has 39 heavy (non-hydrogen) atoms. The second-order valence-corrected chi connectivity index (χ2v) is 9.52. The summed E-state index contributed by atoms with van der Waals surface area (Å²) in [4.78, 5) is 39.1. The molecule has 0 aliphatic heterocycles. The summed E-state index contributed by atoms with van der Waals surface area (Å²) in [5.41, 5.74) is 4.38. The van der Waals surface area contributed by atoms with Crippen molar-refractivity contribution in [1.29, 1.82) is 0 Å². The molecule has 0 unspecified atom stereocenters. The van der Waals surface area contributed by atoms with Crippen molar-refractivity contribution >= 4 is 46.4 Å². The first-order valence-corrected chi connectivity index (χ1v) is 12.4. The highest BCUT2D eigenvalue weighted by atomic mass is 35.5. The zero-order chi connectivity index (χ0) is 27.9. The maximum Gasteiger partial charge on any atom is 0.407 e. The molecule has 4 rings (SSSR count). The van der Waals surface area contributed by atoms with Crippen molar-refractivity contribution in [2.75, 3.05) is 6.61 Å². The summed E-state index contributed by atoms with van der Waals surface area (Å²) in [5.74, 6) is 0.136. The molecule has 3 N–H and O–H groups in total. The van der Waals surface area contributed by atoms with Crippen LogP contribution in [-0.2, 0) is 16.0 Å². The first-order valence-electron chi connectivity index (χ1n) is 12.1. The van der Waals surface area contributed by atoms with Crippen LogP contribution in [0.2, 0.25) is 5.02 Å². The second-order valence-electron chi connectivity index (χ2n) is 9.11. The van der Waals surface area contributed by atoms with Gasteiger partial charge < -0.3 is 19.5 Å². The Labute approximate surface area is 228 Å². The average Bonchev–Trinajstić information content (AvgIpc) is 3.54. The number of aromatic nitrogens is 1. The van der Waals surface area contributed by atoms with Crippen LogP contribution in [0.5, 0.6) is 0 Å². The highest BCUT2D eigenvalue weighted by molar-refractivity contribution is 6.33. The average molecular weight is 552 g/mol. The molecular weight excluding hydrogens is 526 g/mol. The van der Waals surface area contributed by atoms with Crippen molar-refractivity contribution in [2.24, 2.45) is 11.0 Å². The summed E-state index contributed by atoms with van der Waals surface area (Å²) >= 11 is 6.18. The standard InChI is InChI=1S/C27H26ClN5O6/c1-16(2)15-38-27(35)31-24(11-17-13-29-23-6-4-3-5-20(17)23)26(34)32-30-14-19-8-10-25(39-19)21-12-18(33(36)37)7-9-22(21)28/h3-10,12-14,16,24,29H,11,15H2,1-2H3,(H,31,35)(H,32,34)/b30-14-/t24-/m0/s1. The fourth-order valence-corrected chi connectivity index (χ4v) is 3.99. The van der Waals surface area contributed by atoms with Crippen LogP contribution in [0, 0.1) is 16.0 Å². The number of hydrogen-bond acceptors (Lipinski definition) is 7. The first kappa shape index (κ1) is 27.4. The van der Waals surface area contributed by atoms with E-state index in [0.717, 1.165) is 16.5 Å². The number of alkyl carbamates (subject to hydrolysis) is 1. The van der Waals surface area contributed by atoms with Crippen LogP contribution in [0.1, 0.15) is 25.2 Å². The molecular formula is C27H26ClN5O6. The van der Waals surface area contributed by atoms with Gasteiger partial charge in [0.2, 0.25) is 0 Å². The maximum absolute atomic E-state index is 13.0. The molecule has 202 valence electrons. The lowest BCUT2D eigenvalue weighted by molar-refractivity contribution is -0.384. The third kappa shape index (κ3) is 7.02. The Morgan fingerprint density at radius 3 is 2.77 bits per heavy atom. The van der Waals surface area contributed by atoms with Gasteiger partial charge in [-0.2, -0.15) is 5.10 Å². The van der Waals surface area contributed by atoms with Gasteiger partial charge in [-0.1, -0.05) is 43.6 Å². The lowest BCUT2D eigenvalue weighted by atomic mass is 10.0. The van der Waals surface area contributed by atoms with Gasteiger partial charge >= 0.3 is 6.09 Å². The number of hydrogen-bond donors (Lipinski definition) is 3. The number of non-ortho nitro benzene ring substituents is 1. The van der Waals surface area contributed by atoms with Crippen molar-refractivity contribution in [3.8, 4) is 11.3 Å². The highest BCUT2D eigenvalue weighted by Gasteiger charge is 2.23. The van der Waals surface area contributed by atoms with Gasteiger partial charge in [0, 0.05) is 41.2 Å². The number of H-pyrrole nitrogens is 1. The van der Waals surface area contributed by atoms with E-state index in [2.05, 4.69) is 20.8 Å². The lowest BCUT2D eigenvalue weighted by Crippen LogP contribution is -2.47. The van der Waals surface area contributed by atoms with E-state index >= 15 is 0 Å². The molecule has 0 aliphatic carbocycles. The van der Waals surface area contributed by atoms with E-state index in [0.29, 0.717) is 11.3 Å².